The Morgan fingerprint density at radius 2 is 2.10 bits per heavy atom. The molecule has 2 aromatic carbocycles. The highest BCUT2D eigenvalue weighted by Crippen LogP contribution is 2.37. The van der Waals surface area contributed by atoms with E-state index in [0.717, 1.165) is 23.3 Å². The summed E-state index contributed by atoms with van der Waals surface area (Å²) in [6.07, 6.45) is 0.546. The van der Waals surface area contributed by atoms with E-state index in [2.05, 4.69) is 24.3 Å². The van der Waals surface area contributed by atoms with Crippen molar-refractivity contribution in [2.75, 3.05) is 6.61 Å². The first-order valence-corrected chi connectivity index (χ1v) is 8.17. The predicted octanol–water partition coefficient (Wildman–Crippen LogP) is 4.14. The molecule has 2 aromatic rings. The normalized spacial score (nSPS) is 18.3. The van der Waals surface area contributed by atoms with Crippen molar-refractivity contribution in [3.05, 3.63) is 59.2 Å². The Labute approximate surface area is 130 Å². The van der Waals surface area contributed by atoms with E-state index >= 15 is 0 Å². The molecule has 0 fully saturated rings. The number of hydrogen-bond acceptors (Lipinski definition) is 3. The van der Waals surface area contributed by atoms with Crippen LogP contribution < -0.4 is 4.74 Å². The van der Waals surface area contributed by atoms with Crippen molar-refractivity contribution in [3.8, 4) is 5.75 Å². The van der Waals surface area contributed by atoms with Gasteiger partial charge in [-0.3, -0.25) is 0 Å². The molecule has 0 aliphatic carbocycles. The summed E-state index contributed by atoms with van der Waals surface area (Å²) in [7, 11) is 0. The van der Waals surface area contributed by atoms with Gasteiger partial charge in [-0.15, -0.1) is 11.8 Å². The van der Waals surface area contributed by atoms with E-state index in [1.807, 2.05) is 36.9 Å². The fraction of sp³-hybridized carbons (Fsp3) is 0.333. The standard InChI is InChI=1S/C18H20O2S/c1-12-7-8-17(16(9-12)13(2)19)20-11-15-10-14-5-3-4-6-18(14)21-15/h3-9,13,15,19H,10-11H2,1-2H3. The third-order valence-corrected chi connectivity index (χ3v) is 5.04. The van der Waals surface area contributed by atoms with Gasteiger partial charge in [0, 0.05) is 15.7 Å². The molecular weight excluding hydrogens is 280 g/mol. The van der Waals surface area contributed by atoms with E-state index in [1.54, 1.807) is 6.92 Å². The number of rotatable bonds is 4. The van der Waals surface area contributed by atoms with E-state index in [-0.39, 0.29) is 0 Å². The Hall–Kier alpha value is -1.45. The van der Waals surface area contributed by atoms with Crippen molar-refractivity contribution in [1.29, 1.82) is 0 Å². The van der Waals surface area contributed by atoms with Crippen LogP contribution in [0.4, 0.5) is 0 Å². The van der Waals surface area contributed by atoms with E-state index in [9.17, 15) is 5.11 Å². The second-order valence-electron chi connectivity index (χ2n) is 5.58. The van der Waals surface area contributed by atoms with Crippen LogP contribution in [-0.4, -0.2) is 17.0 Å². The molecule has 0 aromatic heterocycles. The fourth-order valence-corrected chi connectivity index (χ4v) is 3.87. The second kappa shape index (κ2) is 6.12. The topological polar surface area (TPSA) is 29.5 Å². The van der Waals surface area contributed by atoms with Crippen LogP contribution in [0.2, 0.25) is 0 Å². The predicted molar refractivity (Wildman–Crippen MR) is 87.1 cm³/mol. The van der Waals surface area contributed by atoms with E-state index in [1.165, 1.54) is 10.5 Å². The molecule has 1 heterocycles. The van der Waals surface area contributed by atoms with Crippen molar-refractivity contribution in [3.63, 3.8) is 0 Å². The van der Waals surface area contributed by atoms with E-state index in [4.69, 9.17) is 4.74 Å². The number of thioether (sulfide) groups is 1. The maximum Gasteiger partial charge on any atom is 0.125 e. The van der Waals surface area contributed by atoms with Gasteiger partial charge < -0.3 is 9.84 Å². The second-order valence-corrected chi connectivity index (χ2v) is 6.92. The van der Waals surface area contributed by atoms with Crippen LogP contribution in [-0.2, 0) is 6.42 Å². The molecule has 0 radical (unpaired) electrons. The Bertz CT molecular complexity index is 612. The number of benzene rings is 2. The average molecular weight is 300 g/mol. The van der Waals surface area contributed by atoms with Crippen LogP contribution in [0.1, 0.15) is 29.7 Å². The third-order valence-electron chi connectivity index (χ3n) is 3.75. The molecule has 0 saturated carbocycles. The Kier molecular flexibility index (Phi) is 4.22. The zero-order valence-corrected chi connectivity index (χ0v) is 13.2. The Morgan fingerprint density at radius 3 is 2.86 bits per heavy atom. The lowest BCUT2D eigenvalue weighted by molar-refractivity contribution is 0.191. The van der Waals surface area contributed by atoms with E-state index < -0.39 is 6.10 Å². The molecule has 2 atom stereocenters. The lowest BCUT2D eigenvalue weighted by Gasteiger charge is -2.16. The van der Waals surface area contributed by atoms with Crippen molar-refractivity contribution >= 4 is 11.8 Å². The van der Waals surface area contributed by atoms with Crippen LogP contribution in [0.15, 0.2) is 47.4 Å². The zero-order valence-electron chi connectivity index (χ0n) is 12.4. The van der Waals surface area contributed by atoms with Crippen LogP contribution >= 0.6 is 11.8 Å². The molecular formula is C18H20O2S. The largest absolute Gasteiger partial charge is 0.492 e. The van der Waals surface area contributed by atoms with Gasteiger partial charge in [-0.2, -0.15) is 0 Å². The maximum absolute atomic E-state index is 9.88. The highest BCUT2D eigenvalue weighted by Gasteiger charge is 2.22. The van der Waals surface area contributed by atoms with Crippen molar-refractivity contribution < 1.29 is 9.84 Å². The van der Waals surface area contributed by atoms with Crippen molar-refractivity contribution in [1.82, 2.24) is 0 Å². The third kappa shape index (κ3) is 3.25. The minimum atomic E-state index is -0.506. The fourth-order valence-electron chi connectivity index (χ4n) is 2.66. The number of ether oxygens (including phenoxy) is 1. The minimum absolute atomic E-state index is 0.450. The summed E-state index contributed by atoms with van der Waals surface area (Å²) in [4.78, 5) is 1.37. The van der Waals surface area contributed by atoms with Gasteiger partial charge in [0.25, 0.3) is 0 Å². The smallest absolute Gasteiger partial charge is 0.125 e. The molecule has 0 amide bonds. The van der Waals surface area contributed by atoms with Gasteiger partial charge in [-0.25, -0.2) is 0 Å². The molecule has 3 rings (SSSR count). The van der Waals surface area contributed by atoms with Gasteiger partial charge >= 0.3 is 0 Å². The van der Waals surface area contributed by atoms with Gasteiger partial charge in [0.05, 0.1) is 6.10 Å². The van der Waals surface area contributed by atoms with E-state index in [0.29, 0.717) is 11.9 Å². The summed E-state index contributed by atoms with van der Waals surface area (Å²) in [6, 6.07) is 14.5. The lowest BCUT2D eigenvalue weighted by Crippen LogP contribution is -2.14. The highest BCUT2D eigenvalue weighted by molar-refractivity contribution is 8.00. The quantitative estimate of drug-likeness (QED) is 0.920. The number of aryl methyl sites for hydroxylation is 1. The van der Waals surface area contributed by atoms with Gasteiger partial charge in [-0.05, 0) is 44.0 Å². The summed E-state index contributed by atoms with van der Waals surface area (Å²) >= 11 is 1.89. The summed E-state index contributed by atoms with van der Waals surface area (Å²) < 4.78 is 5.99. The summed E-state index contributed by atoms with van der Waals surface area (Å²) in [6.45, 7) is 4.48. The first-order chi connectivity index (χ1) is 10.1. The van der Waals surface area contributed by atoms with Gasteiger partial charge in [-0.1, -0.05) is 29.8 Å². The number of hydrogen-bond donors (Lipinski definition) is 1. The SMILES string of the molecule is Cc1ccc(OCC2Cc3ccccc3S2)c(C(C)O)c1. The van der Waals surface area contributed by atoms with Crippen LogP contribution in [0.25, 0.3) is 0 Å². The van der Waals surface area contributed by atoms with Crippen molar-refractivity contribution in [2.24, 2.45) is 0 Å². The molecule has 0 saturated heterocycles. The Balaban J connectivity index is 1.67. The molecule has 110 valence electrons. The maximum atomic E-state index is 9.88. The first-order valence-electron chi connectivity index (χ1n) is 7.29. The highest BCUT2D eigenvalue weighted by atomic mass is 32.2. The molecule has 21 heavy (non-hydrogen) atoms. The van der Waals surface area contributed by atoms with Gasteiger partial charge in [0.15, 0.2) is 0 Å². The zero-order chi connectivity index (χ0) is 14.8. The summed E-state index contributed by atoms with van der Waals surface area (Å²) in [5.74, 6) is 0.798. The number of aliphatic hydroxyl groups is 1. The molecule has 1 aliphatic rings. The van der Waals surface area contributed by atoms with Crippen LogP contribution in [0.3, 0.4) is 0 Å². The average Bonchev–Trinajstić information content (AvgIpc) is 2.88. The molecule has 2 unspecified atom stereocenters. The summed E-state index contributed by atoms with van der Waals surface area (Å²) in [5, 5.41) is 10.3. The molecule has 0 spiro atoms. The van der Waals surface area contributed by atoms with Crippen LogP contribution in [0, 0.1) is 6.92 Å². The van der Waals surface area contributed by atoms with Gasteiger partial charge in [0.1, 0.15) is 12.4 Å². The number of aliphatic hydroxyl groups excluding tert-OH is 1. The Morgan fingerprint density at radius 1 is 1.29 bits per heavy atom. The molecule has 2 nitrogen and oxygen atoms in total. The lowest BCUT2D eigenvalue weighted by atomic mass is 10.1. The first kappa shape index (κ1) is 14.5. The molecule has 3 heteroatoms. The summed E-state index contributed by atoms with van der Waals surface area (Å²) in [5.41, 5.74) is 3.42. The monoisotopic (exact) mass is 300 g/mol. The number of fused-ring (bicyclic) bond motifs is 1. The minimum Gasteiger partial charge on any atom is -0.492 e. The molecule has 1 N–H and O–H groups in total. The molecule has 0 bridgehead atoms. The van der Waals surface area contributed by atoms with Crippen LogP contribution in [0.5, 0.6) is 5.75 Å². The molecule has 1 aliphatic heterocycles. The van der Waals surface area contributed by atoms with Gasteiger partial charge in [0.2, 0.25) is 0 Å². The van der Waals surface area contributed by atoms with Crippen molar-refractivity contribution in [2.45, 2.75) is 36.5 Å².